The molecule has 0 bridgehead atoms. The highest BCUT2D eigenvalue weighted by Crippen LogP contribution is 2.32. The second kappa shape index (κ2) is 6.94. The first kappa shape index (κ1) is 17.6. The summed E-state index contributed by atoms with van der Waals surface area (Å²) in [6.45, 7) is 1.57. The summed E-state index contributed by atoms with van der Waals surface area (Å²) < 4.78 is 5.13. The molecule has 0 radical (unpaired) electrons. The summed E-state index contributed by atoms with van der Waals surface area (Å²) in [4.78, 5) is 26.4. The van der Waals surface area contributed by atoms with Crippen molar-refractivity contribution in [2.24, 2.45) is 0 Å². The maximum atomic E-state index is 12.5. The molecule has 1 aliphatic rings. The first-order valence-corrected chi connectivity index (χ1v) is 8.45. The van der Waals surface area contributed by atoms with Crippen LogP contribution in [-0.2, 0) is 16.0 Å². The third-order valence-corrected chi connectivity index (χ3v) is 4.65. The predicted molar refractivity (Wildman–Crippen MR) is 98.3 cm³/mol. The average molecular weight is 379 g/mol. The van der Waals surface area contributed by atoms with Crippen LogP contribution in [0.4, 0.5) is 11.4 Å². The molecule has 0 saturated carbocycles. The minimum Gasteiger partial charge on any atom is -0.452 e. The predicted octanol–water partition coefficient (Wildman–Crippen LogP) is 3.71. The van der Waals surface area contributed by atoms with Crippen molar-refractivity contribution in [1.29, 1.82) is 0 Å². The molecule has 1 aliphatic heterocycles. The Morgan fingerprint density at radius 1 is 1.28 bits per heavy atom. The Morgan fingerprint density at radius 2 is 2.00 bits per heavy atom. The van der Waals surface area contributed by atoms with E-state index in [0.717, 1.165) is 17.7 Å². The lowest BCUT2D eigenvalue weighted by Crippen LogP contribution is -2.38. The highest BCUT2D eigenvalue weighted by molar-refractivity contribution is 6.37. The molecule has 7 heteroatoms. The van der Waals surface area contributed by atoms with Gasteiger partial charge in [-0.3, -0.25) is 4.79 Å². The summed E-state index contributed by atoms with van der Waals surface area (Å²) >= 11 is 11.8. The molecule has 0 saturated heterocycles. The van der Waals surface area contributed by atoms with Crippen LogP contribution in [0.3, 0.4) is 0 Å². The summed E-state index contributed by atoms with van der Waals surface area (Å²) in [5, 5.41) is 0.424. The second-order valence-electron chi connectivity index (χ2n) is 5.87. The van der Waals surface area contributed by atoms with E-state index in [9.17, 15) is 9.59 Å². The number of halogens is 2. The molecule has 0 fully saturated rings. The largest absolute Gasteiger partial charge is 0.452 e. The number of amides is 1. The quantitative estimate of drug-likeness (QED) is 0.652. The second-order valence-corrected chi connectivity index (χ2v) is 6.71. The number of ether oxygens (including phenoxy) is 1. The van der Waals surface area contributed by atoms with E-state index in [4.69, 9.17) is 33.7 Å². The lowest BCUT2D eigenvalue weighted by molar-refractivity contribution is -0.122. The van der Waals surface area contributed by atoms with Crippen LogP contribution in [0.2, 0.25) is 10.0 Å². The number of hydrogen-bond donors (Lipinski definition) is 1. The number of para-hydroxylation sites is 1. The molecule has 0 aliphatic carbocycles. The maximum Gasteiger partial charge on any atom is 0.340 e. The zero-order valence-corrected chi connectivity index (χ0v) is 15.0. The molecule has 0 unspecified atom stereocenters. The zero-order valence-electron chi connectivity index (χ0n) is 13.5. The van der Waals surface area contributed by atoms with E-state index in [1.807, 2.05) is 31.2 Å². The van der Waals surface area contributed by atoms with Gasteiger partial charge < -0.3 is 15.4 Å². The van der Waals surface area contributed by atoms with Crippen molar-refractivity contribution in [2.75, 3.05) is 17.2 Å². The van der Waals surface area contributed by atoms with Crippen molar-refractivity contribution in [3.8, 4) is 0 Å². The van der Waals surface area contributed by atoms with Crippen LogP contribution in [0.25, 0.3) is 0 Å². The van der Waals surface area contributed by atoms with E-state index in [1.165, 1.54) is 12.1 Å². The van der Waals surface area contributed by atoms with Crippen molar-refractivity contribution in [2.45, 2.75) is 19.4 Å². The third kappa shape index (κ3) is 3.43. The summed E-state index contributed by atoms with van der Waals surface area (Å²) in [5.74, 6) is -1.03. The van der Waals surface area contributed by atoms with Crippen molar-refractivity contribution >= 4 is 46.5 Å². The Labute approximate surface area is 155 Å². The number of hydrogen-bond acceptors (Lipinski definition) is 4. The smallest absolute Gasteiger partial charge is 0.340 e. The Hall–Kier alpha value is -2.24. The van der Waals surface area contributed by atoms with Crippen LogP contribution < -0.4 is 10.6 Å². The number of nitrogens with two attached hydrogens (primary N) is 1. The molecule has 2 N–H and O–H groups in total. The van der Waals surface area contributed by atoms with Crippen molar-refractivity contribution < 1.29 is 14.3 Å². The van der Waals surface area contributed by atoms with E-state index in [2.05, 4.69) is 0 Å². The van der Waals surface area contributed by atoms with Gasteiger partial charge in [0.1, 0.15) is 0 Å². The highest BCUT2D eigenvalue weighted by atomic mass is 35.5. The average Bonchev–Trinajstić information content (AvgIpc) is 2.91. The molecule has 3 rings (SSSR count). The molecular weight excluding hydrogens is 363 g/mol. The molecule has 1 atom stereocenters. The van der Waals surface area contributed by atoms with Crippen molar-refractivity contribution in [3.05, 3.63) is 57.6 Å². The maximum absolute atomic E-state index is 12.5. The molecule has 2 aromatic carbocycles. The summed E-state index contributed by atoms with van der Waals surface area (Å²) in [6.07, 6.45) is 0.771. The van der Waals surface area contributed by atoms with Gasteiger partial charge in [0, 0.05) is 16.8 Å². The van der Waals surface area contributed by atoms with E-state index < -0.39 is 5.97 Å². The molecule has 1 amide bonds. The van der Waals surface area contributed by atoms with Crippen LogP contribution in [0, 0.1) is 0 Å². The van der Waals surface area contributed by atoms with Gasteiger partial charge >= 0.3 is 5.97 Å². The minimum absolute atomic E-state index is 0.00860. The van der Waals surface area contributed by atoms with Crippen molar-refractivity contribution in [3.63, 3.8) is 0 Å². The number of benzene rings is 2. The number of nitrogens with zero attached hydrogens (tertiary/aromatic N) is 1. The fourth-order valence-electron chi connectivity index (χ4n) is 2.97. The number of rotatable bonds is 3. The standard InChI is InChI=1S/C18H16Cl2N2O3/c1-10-6-11-4-2-3-5-15(11)22(10)16(23)9-25-18(24)13-7-12(19)8-14(20)17(13)21/h2-5,7-8,10H,6,9,21H2,1H3/t10-/m0/s1. The van der Waals surface area contributed by atoms with Gasteiger partial charge in [-0.2, -0.15) is 0 Å². The number of nitrogen functional groups attached to an aromatic ring is 1. The molecular formula is C18H16Cl2N2O3. The number of anilines is 2. The van der Waals surface area contributed by atoms with E-state index in [-0.39, 0.29) is 39.9 Å². The first-order chi connectivity index (χ1) is 11.9. The zero-order chi connectivity index (χ0) is 18.1. The van der Waals surface area contributed by atoms with E-state index in [0.29, 0.717) is 0 Å². The topological polar surface area (TPSA) is 72.6 Å². The monoisotopic (exact) mass is 378 g/mol. The molecule has 1 heterocycles. The third-order valence-electron chi connectivity index (χ3n) is 4.12. The lowest BCUT2D eigenvalue weighted by atomic mass is 10.1. The van der Waals surface area contributed by atoms with E-state index in [1.54, 1.807) is 4.90 Å². The number of carbonyl (C=O) groups is 2. The van der Waals surface area contributed by atoms with Gasteiger partial charge in [-0.15, -0.1) is 0 Å². The first-order valence-electron chi connectivity index (χ1n) is 7.70. The summed E-state index contributed by atoms with van der Waals surface area (Å²) in [6, 6.07) is 10.5. The SMILES string of the molecule is C[C@H]1Cc2ccccc2N1C(=O)COC(=O)c1cc(Cl)cc(Cl)c1N. The number of fused-ring (bicyclic) bond motifs is 1. The van der Waals surface area contributed by atoms with Crippen LogP contribution in [-0.4, -0.2) is 24.5 Å². The Bertz CT molecular complexity index is 854. The highest BCUT2D eigenvalue weighted by Gasteiger charge is 2.31. The molecule has 2 aromatic rings. The number of carbonyl (C=O) groups excluding carboxylic acids is 2. The van der Waals surface area contributed by atoms with Crippen LogP contribution in [0.5, 0.6) is 0 Å². The summed E-state index contributed by atoms with van der Waals surface area (Å²) in [5.41, 5.74) is 7.84. The van der Waals surface area contributed by atoms with Crippen LogP contribution >= 0.6 is 23.2 Å². The van der Waals surface area contributed by atoms with Gasteiger partial charge in [-0.05, 0) is 37.1 Å². The molecule has 0 spiro atoms. The van der Waals surface area contributed by atoms with Crippen molar-refractivity contribution in [1.82, 2.24) is 0 Å². The van der Waals surface area contributed by atoms with Gasteiger partial charge in [0.2, 0.25) is 0 Å². The molecule has 0 aromatic heterocycles. The van der Waals surface area contributed by atoms with Crippen LogP contribution in [0.15, 0.2) is 36.4 Å². The molecule has 25 heavy (non-hydrogen) atoms. The molecule has 5 nitrogen and oxygen atoms in total. The van der Waals surface area contributed by atoms with Gasteiger partial charge in [0.05, 0.1) is 16.3 Å². The van der Waals surface area contributed by atoms with Crippen LogP contribution in [0.1, 0.15) is 22.8 Å². The minimum atomic E-state index is -0.740. The fraction of sp³-hybridized carbons (Fsp3) is 0.222. The number of esters is 1. The Morgan fingerprint density at radius 3 is 2.76 bits per heavy atom. The van der Waals surface area contributed by atoms with E-state index >= 15 is 0 Å². The Kier molecular flexibility index (Phi) is 4.88. The van der Waals surface area contributed by atoms with Gasteiger partial charge in [-0.25, -0.2) is 4.79 Å². The Balaban J connectivity index is 1.72. The van der Waals surface area contributed by atoms with Gasteiger partial charge in [-0.1, -0.05) is 41.4 Å². The lowest BCUT2D eigenvalue weighted by Gasteiger charge is -2.22. The fourth-order valence-corrected chi connectivity index (χ4v) is 3.47. The van der Waals surface area contributed by atoms with Gasteiger partial charge in [0.25, 0.3) is 5.91 Å². The molecule has 130 valence electrons. The summed E-state index contributed by atoms with van der Waals surface area (Å²) in [7, 11) is 0. The normalized spacial score (nSPS) is 15.8. The van der Waals surface area contributed by atoms with Gasteiger partial charge in [0.15, 0.2) is 6.61 Å².